The maximum Gasteiger partial charge on any atom is 0.181 e. The van der Waals surface area contributed by atoms with Gasteiger partial charge in [-0.1, -0.05) is 6.92 Å². The quantitative estimate of drug-likeness (QED) is 0.409. The number of nitrogens with one attached hydrogen (secondary N) is 1. The number of hydrogen-bond acceptors (Lipinski definition) is 9. The van der Waals surface area contributed by atoms with Crippen LogP contribution in [-0.2, 0) is 9.57 Å². The Bertz CT molecular complexity index is 706. The Morgan fingerprint density at radius 1 is 1.42 bits per heavy atom. The summed E-state index contributed by atoms with van der Waals surface area (Å²) in [5, 5.41) is 30.0. The van der Waals surface area contributed by atoms with Crippen molar-refractivity contribution in [2.45, 2.75) is 44.3 Å². The molecule has 10 nitrogen and oxygen atoms in total. The van der Waals surface area contributed by atoms with Crippen LogP contribution in [0.25, 0.3) is 11.2 Å². The van der Waals surface area contributed by atoms with Crippen LogP contribution in [0.3, 0.4) is 0 Å². The van der Waals surface area contributed by atoms with Gasteiger partial charge in [0.1, 0.15) is 24.1 Å². The fourth-order valence-electron chi connectivity index (χ4n) is 2.71. The third-order valence-corrected chi connectivity index (χ3v) is 4.02. The third-order valence-electron chi connectivity index (χ3n) is 4.02. The third kappa shape index (κ3) is 2.72. The van der Waals surface area contributed by atoms with Crippen LogP contribution >= 0.6 is 0 Å². The van der Waals surface area contributed by atoms with Crippen molar-refractivity contribution in [1.29, 1.82) is 0 Å². The minimum absolute atomic E-state index is 0.393. The van der Waals surface area contributed by atoms with E-state index in [1.54, 1.807) is 0 Å². The molecule has 0 aromatic carbocycles. The van der Waals surface area contributed by atoms with Crippen LogP contribution in [0.1, 0.15) is 26.5 Å². The summed E-state index contributed by atoms with van der Waals surface area (Å²) in [5.74, 6) is 0.393. The zero-order valence-electron chi connectivity index (χ0n) is 13.5. The monoisotopic (exact) mass is 339 g/mol. The molecule has 10 heteroatoms. The number of aromatic nitrogens is 4. The summed E-state index contributed by atoms with van der Waals surface area (Å²) in [6.45, 7) is 3.52. The molecule has 2 aromatic heterocycles. The summed E-state index contributed by atoms with van der Waals surface area (Å²) in [5.41, 5.74) is 1.96. The molecule has 1 saturated heterocycles. The molecule has 132 valence electrons. The second-order valence-electron chi connectivity index (χ2n) is 5.88. The Morgan fingerprint density at radius 2 is 2.21 bits per heavy atom. The molecule has 0 spiro atoms. The SMILES string of the molecule is CCCONc1ncnc2c1ncn2C1OC(CO)C(O)[C@@]1(C)O. The average molecular weight is 339 g/mol. The number of ether oxygens (including phenoxy) is 1. The van der Waals surface area contributed by atoms with Gasteiger partial charge in [0.2, 0.25) is 0 Å². The minimum Gasteiger partial charge on any atom is -0.394 e. The molecule has 0 bridgehead atoms. The number of anilines is 1. The van der Waals surface area contributed by atoms with Gasteiger partial charge in [-0.3, -0.25) is 9.40 Å². The number of rotatable bonds is 6. The maximum absolute atomic E-state index is 10.6. The second kappa shape index (κ2) is 6.57. The molecule has 0 radical (unpaired) electrons. The minimum atomic E-state index is -1.61. The van der Waals surface area contributed by atoms with E-state index in [1.807, 2.05) is 6.92 Å². The predicted molar refractivity (Wildman–Crippen MR) is 82.8 cm³/mol. The summed E-state index contributed by atoms with van der Waals surface area (Å²) in [7, 11) is 0. The first-order valence-electron chi connectivity index (χ1n) is 7.72. The van der Waals surface area contributed by atoms with Crippen molar-refractivity contribution in [3.05, 3.63) is 12.7 Å². The van der Waals surface area contributed by atoms with Gasteiger partial charge in [0.15, 0.2) is 23.2 Å². The highest BCUT2D eigenvalue weighted by molar-refractivity contribution is 5.82. The molecule has 3 rings (SSSR count). The highest BCUT2D eigenvalue weighted by atomic mass is 16.6. The number of hydrogen-bond donors (Lipinski definition) is 4. The van der Waals surface area contributed by atoms with Gasteiger partial charge >= 0.3 is 0 Å². The van der Waals surface area contributed by atoms with Gasteiger partial charge in [-0.05, 0) is 13.3 Å². The van der Waals surface area contributed by atoms with Crippen molar-refractivity contribution in [3.63, 3.8) is 0 Å². The van der Waals surface area contributed by atoms with E-state index in [0.717, 1.165) is 6.42 Å². The Hall–Kier alpha value is -1.85. The van der Waals surface area contributed by atoms with Crippen LogP contribution in [-0.4, -0.2) is 65.9 Å². The molecule has 1 aliphatic heterocycles. The van der Waals surface area contributed by atoms with Crippen LogP contribution < -0.4 is 5.48 Å². The molecule has 0 amide bonds. The molecule has 4 N–H and O–H groups in total. The number of imidazole rings is 1. The molecule has 24 heavy (non-hydrogen) atoms. The van der Waals surface area contributed by atoms with E-state index in [4.69, 9.17) is 9.57 Å². The van der Waals surface area contributed by atoms with Gasteiger partial charge in [-0.15, -0.1) is 0 Å². The summed E-state index contributed by atoms with van der Waals surface area (Å²) in [6, 6.07) is 0. The van der Waals surface area contributed by atoms with E-state index in [2.05, 4.69) is 20.4 Å². The summed E-state index contributed by atoms with van der Waals surface area (Å²) >= 11 is 0. The average Bonchev–Trinajstić information content (AvgIpc) is 3.08. The van der Waals surface area contributed by atoms with Crippen molar-refractivity contribution in [2.24, 2.45) is 0 Å². The highest BCUT2D eigenvalue weighted by Crippen LogP contribution is 2.39. The Balaban J connectivity index is 1.95. The first-order valence-corrected chi connectivity index (χ1v) is 7.72. The largest absolute Gasteiger partial charge is 0.394 e. The van der Waals surface area contributed by atoms with Crippen LogP contribution in [0.4, 0.5) is 5.82 Å². The summed E-state index contributed by atoms with van der Waals surface area (Å²) in [4.78, 5) is 17.8. The highest BCUT2D eigenvalue weighted by Gasteiger charge is 2.53. The Kier molecular flexibility index (Phi) is 4.65. The zero-order chi connectivity index (χ0) is 17.3. The first-order chi connectivity index (χ1) is 11.5. The van der Waals surface area contributed by atoms with Crippen LogP contribution in [0.2, 0.25) is 0 Å². The van der Waals surface area contributed by atoms with Crippen molar-refractivity contribution in [3.8, 4) is 0 Å². The fraction of sp³-hybridized carbons (Fsp3) is 0.643. The van der Waals surface area contributed by atoms with Crippen LogP contribution in [0, 0.1) is 0 Å². The van der Waals surface area contributed by atoms with Crippen LogP contribution in [0.5, 0.6) is 0 Å². The van der Waals surface area contributed by atoms with Gasteiger partial charge in [0, 0.05) is 0 Å². The molecule has 0 saturated carbocycles. The fourth-order valence-corrected chi connectivity index (χ4v) is 2.71. The lowest BCUT2D eigenvalue weighted by Gasteiger charge is -2.27. The standard InChI is InChI=1S/C14H21N5O5/c1-3-4-23-18-11-9-12(16-6-15-11)19(7-17-9)13-14(2,22)10(21)8(5-20)24-13/h6-8,10,13,20-22H,3-5H2,1-2H3,(H,15,16,18)/t8?,10?,13?,14-/m1/s1. The maximum atomic E-state index is 10.6. The molecule has 1 fully saturated rings. The summed E-state index contributed by atoms with van der Waals surface area (Å²) in [6.07, 6.45) is 0.535. The first kappa shape index (κ1) is 17.0. The molecular weight excluding hydrogens is 318 g/mol. The van der Waals surface area contributed by atoms with E-state index in [0.29, 0.717) is 23.6 Å². The van der Waals surface area contributed by atoms with E-state index < -0.39 is 30.6 Å². The van der Waals surface area contributed by atoms with Gasteiger partial charge in [0.05, 0.1) is 19.5 Å². The molecule has 0 aliphatic carbocycles. The second-order valence-corrected chi connectivity index (χ2v) is 5.88. The van der Waals surface area contributed by atoms with Gasteiger partial charge in [0.25, 0.3) is 0 Å². The van der Waals surface area contributed by atoms with E-state index in [9.17, 15) is 15.3 Å². The van der Waals surface area contributed by atoms with Crippen molar-refractivity contribution >= 4 is 17.0 Å². The smallest absolute Gasteiger partial charge is 0.181 e. The molecule has 4 atom stereocenters. The van der Waals surface area contributed by atoms with Gasteiger partial charge in [-0.2, -0.15) is 0 Å². The molecule has 1 aliphatic rings. The lowest BCUT2D eigenvalue weighted by Crippen LogP contribution is -2.44. The lowest BCUT2D eigenvalue weighted by atomic mass is 9.96. The summed E-state index contributed by atoms with van der Waals surface area (Å²) < 4.78 is 7.09. The Morgan fingerprint density at radius 3 is 2.88 bits per heavy atom. The van der Waals surface area contributed by atoms with Crippen LogP contribution in [0.15, 0.2) is 12.7 Å². The molecule has 2 aromatic rings. The number of aliphatic hydroxyl groups excluding tert-OH is 2. The van der Waals surface area contributed by atoms with Crippen molar-refractivity contribution in [1.82, 2.24) is 19.5 Å². The topological polar surface area (TPSA) is 135 Å². The number of aliphatic hydroxyl groups is 3. The van der Waals surface area contributed by atoms with E-state index in [1.165, 1.54) is 24.1 Å². The predicted octanol–water partition coefficient (Wildman–Crippen LogP) is -0.419. The van der Waals surface area contributed by atoms with Gasteiger partial charge in [-0.25, -0.2) is 20.4 Å². The molecular formula is C14H21N5O5. The molecule has 3 heterocycles. The number of nitrogens with zero attached hydrogens (tertiary/aromatic N) is 4. The van der Waals surface area contributed by atoms with Crippen molar-refractivity contribution < 1.29 is 24.9 Å². The lowest BCUT2D eigenvalue weighted by molar-refractivity contribution is -0.0950. The molecule has 3 unspecified atom stereocenters. The van der Waals surface area contributed by atoms with E-state index >= 15 is 0 Å². The van der Waals surface area contributed by atoms with Crippen molar-refractivity contribution in [2.75, 3.05) is 18.7 Å². The van der Waals surface area contributed by atoms with E-state index in [-0.39, 0.29) is 0 Å². The number of fused-ring (bicyclic) bond motifs is 1. The van der Waals surface area contributed by atoms with Gasteiger partial charge < -0.3 is 20.1 Å². The Labute approximate surface area is 138 Å². The zero-order valence-corrected chi connectivity index (χ0v) is 13.5. The normalized spacial score (nSPS) is 30.1.